The van der Waals surface area contributed by atoms with E-state index in [0.29, 0.717) is 6.04 Å². The summed E-state index contributed by atoms with van der Waals surface area (Å²) in [7, 11) is 4.26. The van der Waals surface area contributed by atoms with Crippen LogP contribution in [0.1, 0.15) is 27.2 Å². The Kier molecular flexibility index (Phi) is 8.73. The van der Waals surface area contributed by atoms with Crippen LogP contribution in [0.5, 0.6) is 0 Å². The van der Waals surface area contributed by atoms with E-state index in [0.717, 1.165) is 11.8 Å². The summed E-state index contributed by atoms with van der Waals surface area (Å²) in [5.41, 5.74) is 0. The monoisotopic (exact) mass is 218 g/mol. The van der Waals surface area contributed by atoms with E-state index in [2.05, 4.69) is 56.8 Å². The summed E-state index contributed by atoms with van der Waals surface area (Å²) >= 11 is 2.07. The molecule has 0 spiro atoms. The van der Waals surface area contributed by atoms with E-state index in [1.165, 1.54) is 18.7 Å². The molecule has 3 heteroatoms. The van der Waals surface area contributed by atoms with Gasteiger partial charge in [0.15, 0.2) is 0 Å². The van der Waals surface area contributed by atoms with Crippen molar-refractivity contribution in [3.05, 3.63) is 0 Å². The van der Waals surface area contributed by atoms with Gasteiger partial charge in [0.1, 0.15) is 0 Å². The van der Waals surface area contributed by atoms with E-state index in [1.54, 1.807) is 0 Å². The molecule has 0 saturated carbocycles. The molecule has 0 radical (unpaired) electrons. The van der Waals surface area contributed by atoms with Crippen LogP contribution in [0.4, 0.5) is 0 Å². The maximum atomic E-state index is 3.54. The van der Waals surface area contributed by atoms with Crippen molar-refractivity contribution in [2.24, 2.45) is 0 Å². The summed E-state index contributed by atoms with van der Waals surface area (Å²) < 4.78 is 0. The Morgan fingerprint density at radius 3 is 2.36 bits per heavy atom. The van der Waals surface area contributed by atoms with Gasteiger partial charge in [-0.15, -0.1) is 0 Å². The highest BCUT2D eigenvalue weighted by Gasteiger charge is 2.13. The van der Waals surface area contributed by atoms with Gasteiger partial charge in [0.25, 0.3) is 0 Å². The minimum Gasteiger partial charge on any atom is -0.313 e. The van der Waals surface area contributed by atoms with Crippen LogP contribution in [-0.4, -0.2) is 49.1 Å². The molecule has 2 unspecified atom stereocenters. The molecule has 0 rings (SSSR count). The summed E-state index contributed by atoms with van der Waals surface area (Å²) in [6, 6.07) is 0.673. The number of nitrogens with zero attached hydrogens (tertiary/aromatic N) is 1. The van der Waals surface area contributed by atoms with Gasteiger partial charge in [0, 0.05) is 23.6 Å². The normalized spacial score (nSPS) is 15.9. The molecule has 0 aromatic carbocycles. The van der Waals surface area contributed by atoms with Crippen molar-refractivity contribution in [3.8, 4) is 0 Å². The van der Waals surface area contributed by atoms with Crippen LogP contribution >= 0.6 is 11.8 Å². The number of nitrogens with one attached hydrogen (secondary N) is 1. The van der Waals surface area contributed by atoms with E-state index in [9.17, 15) is 0 Å². The molecule has 0 amide bonds. The fraction of sp³-hybridized carbons (Fsp3) is 1.00. The zero-order valence-corrected chi connectivity index (χ0v) is 11.2. The molecule has 0 aliphatic carbocycles. The second-order valence-electron chi connectivity index (χ2n) is 3.95. The van der Waals surface area contributed by atoms with Crippen molar-refractivity contribution < 1.29 is 0 Å². The zero-order valence-electron chi connectivity index (χ0n) is 10.3. The zero-order chi connectivity index (χ0) is 11.0. The van der Waals surface area contributed by atoms with Crippen LogP contribution in [0.2, 0.25) is 0 Å². The molecule has 1 N–H and O–H groups in total. The lowest BCUT2D eigenvalue weighted by Gasteiger charge is -2.23. The van der Waals surface area contributed by atoms with Crippen LogP contribution in [0.25, 0.3) is 0 Å². The minimum atomic E-state index is 0.673. The van der Waals surface area contributed by atoms with Gasteiger partial charge in [0.2, 0.25) is 0 Å². The van der Waals surface area contributed by atoms with Crippen LogP contribution in [0, 0.1) is 0 Å². The maximum Gasteiger partial charge on any atom is 0.0181 e. The first-order chi connectivity index (χ1) is 6.61. The van der Waals surface area contributed by atoms with Crippen molar-refractivity contribution >= 4 is 11.8 Å². The van der Waals surface area contributed by atoms with Gasteiger partial charge >= 0.3 is 0 Å². The van der Waals surface area contributed by atoms with E-state index < -0.39 is 0 Å². The fourth-order valence-electron chi connectivity index (χ4n) is 1.44. The molecule has 2 atom stereocenters. The van der Waals surface area contributed by atoms with Gasteiger partial charge < -0.3 is 10.2 Å². The second-order valence-corrected chi connectivity index (χ2v) is 5.44. The lowest BCUT2D eigenvalue weighted by Crippen LogP contribution is -2.36. The topological polar surface area (TPSA) is 15.3 Å². The molecular weight excluding hydrogens is 192 g/mol. The quantitative estimate of drug-likeness (QED) is 0.671. The third-order valence-electron chi connectivity index (χ3n) is 2.39. The SMILES string of the molecule is CCNC(CC)C(C)SCCN(C)C. The largest absolute Gasteiger partial charge is 0.313 e. The summed E-state index contributed by atoms with van der Waals surface area (Å²) in [4.78, 5) is 2.24. The van der Waals surface area contributed by atoms with Gasteiger partial charge in [-0.3, -0.25) is 0 Å². The molecule has 0 saturated heterocycles. The van der Waals surface area contributed by atoms with Gasteiger partial charge in [-0.25, -0.2) is 0 Å². The molecule has 0 aromatic rings. The lowest BCUT2D eigenvalue weighted by atomic mass is 10.2. The van der Waals surface area contributed by atoms with Gasteiger partial charge in [-0.2, -0.15) is 11.8 Å². The van der Waals surface area contributed by atoms with Gasteiger partial charge in [-0.1, -0.05) is 20.8 Å². The molecule has 0 heterocycles. The standard InChI is InChI=1S/C11H26N2S/c1-6-11(12-7-2)10(3)14-9-8-13(4)5/h10-12H,6-9H2,1-5H3. The van der Waals surface area contributed by atoms with E-state index in [4.69, 9.17) is 0 Å². The Balaban J connectivity index is 3.63. The predicted molar refractivity (Wildman–Crippen MR) is 68.2 cm³/mol. The van der Waals surface area contributed by atoms with Gasteiger partial charge in [-0.05, 0) is 27.1 Å². The van der Waals surface area contributed by atoms with Crippen molar-refractivity contribution in [3.63, 3.8) is 0 Å². The Bertz CT molecular complexity index is 128. The third kappa shape index (κ3) is 6.68. The first-order valence-electron chi connectivity index (χ1n) is 5.61. The molecule has 0 aliphatic rings. The molecule has 2 nitrogen and oxygen atoms in total. The average Bonchev–Trinajstić information content (AvgIpc) is 2.13. The molecular formula is C11H26N2S. The van der Waals surface area contributed by atoms with Crippen molar-refractivity contribution in [1.82, 2.24) is 10.2 Å². The highest BCUT2D eigenvalue weighted by atomic mass is 32.2. The Hall–Kier alpha value is 0.270. The maximum absolute atomic E-state index is 3.54. The van der Waals surface area contributed by atoms with Crippen LogP contribution in [0.3, 0.4) is 0 Å². The van der Waals surface area contributed by atoms with Crippen LogP contribution in [-0.2, 0) is 0 Å². The van der Waals surface area contributed by atoms with Crippen molar-refractivity contribution in [1.29, 1.82) is 0 Å². The number of hydrogen-bond donors (Lipinski definition) is 1. The first-order valence-corrected chi connectivity index (χ1v) is 6.66. The summed E-state index contributed by atoms with van der Waals surface area (Å²) in [6.45, 7) is 9.03. The number of rotatable bonds is 8. The summed E-state index contributed by atoms with van der Waals surface area (Å²) in [6.07, 6.45) is 1.23. The van der Waals surface area contributed by atoms with E-state index >= 15 is 0 Å². The molecule has 86 valence electrons. The predicted octanol–water partition coefficient (Wildman–Crippen LogP) is 2.06. The summed E-state index contributed by atoms with van der Waals surface area (Å²) in [5.74, 6) is 1.23. The third-order valence-corrected chi connectivity index (χ3v) is 3.66. The average molecular weight is 218 g/mol. The van der Waals surface area contributed by atoms with Crippen LogP contribution in [0.15, 0.2) is 0 Å². The Morgan fingerprint density at radius 2 is 1.93 bits per heavy atom. The smallest absolute Gasteiger partial charge is 0.0181 e. The van der Waals surface area contributed by atoms with E-state index in [1.807, 2.05) is 0 Å². The second kappa shape index (κ2) is 8.57. The van der Waals surface area contributed by atoms with Crippen LogP contribution < -0.4 is 5.32 Å². The molecule has 0 fully saturated rings. The van der Waals surface area contributed by atoms with Crippen molar-refractivity contribution in [2.45, 2.75) is 38.5 Å². The molecule has 14 heavy (non-hydrogen) atoms. The molecule has 0 bridgehead atoms. The Labute approximate surface area is 93.8 Å². The van der Waals surface area contributed by atoms with Gasteiger partial charge in [0.05, 0.1) is 0 Å². The van der Waals surface area contributed by atoms with E-state index in [-0.39, 0.29) is 0 Å². The highest BCUT2D eigenvalue weighted by molar-refractivity contribution is 7.99. The number of hydrogen-bond acceptors (Lipinski definition) is 3. The lowest BCUT2D eigenvalue weighted by molar-refractivity contribution is 0.436. The fourth-order valence-corrected chi connectivity index (χ4v) is 2.81. The highest BCUT2D eigenvalue weighted by Crippen LogP contribution is 2.16. The first kappa shape index (κ1) is 14.3. The molecule has 0 aliphatic heterocycles. The Morgan fingerprint density at radius 1 is 1.29 bits per heavy atom. The van der Waals surface area contributed by atoms with Crippen molar-refractivity contribution in [2.75, 3.05) is 32.9 Å². The minimum absolute atomic E-state index is 0.673. The summed E-state index contributed by atoms with van der Waals surface area (Å²) in [5, 5.41) is 4.26. The number of thioether (sulfide) groups is 1. The molecule has 0 aromatic heterocycles.